The number of ketones is 1. The van der Waals surface area contributed by atoms with E-state index in [1.165, 1.54) is 12.0 Å². The van der Waals surface area contributed by atoms with Gasteiger partial charge in [0.05, 0.1) is 0 Å². The van der Waals surface area contributed by atoms with Crippen LogP contribution in [0.4, 0.5) is 0 Å². The molecule has 126 valence electrons. The second kappa shape index (κ2) is 12.4. The summed E-state index contributed by atoms with van der Waals surface area (Å²) in [6.45, 7) is 10.6. The third-order valence-corrected chi connectivity index (χ3v) is 3.83. The van der Waals surface area contributed by atoms with Crippen LogP contribution in [0.15, 0.2) is 30.3 Å². The third-order valence-electron chi connectivity index (χ3n) is 3.83. The highest BCUT2D eigenvalue weighted by atomic mass is 16.5. The molecule has 0 spiro atoms. The maximum Gasteiger partial charge on any atom is 0.161 e. The molecule has 2 heteroatoms. The van der Waals surface area contributed by atoms with Crippen molar-refractivity contribution >= 4 is 5.78 Å². The zero-order valence-corrected chi connectivity index (χ0v) is 15.2. The van der Waals surface area contributed by atoms with Gasteiger partial charge in [-0.2, -0.15) is 0 Å². The first-order chi connectivity index (χ1) is 10.6. The summed E-state index contributed by atoms with van der Waals surface area (Å²) in [4.78, 5) is 11.5. The molecular formula is C20H34O2. The lowest BCUT2D eigenvalue weighted by Gasteiger charge is -2.34. The molecule has 1 fully saturated rings. The van der Waals surface area contributed by atoms with Gasteiger partial charge < -0.3 is 4.74 Å². The molecule has 0 atom stereocenters. The van der Waals surface area contributed by atoms with Crippen LogP contribution < -0.4 is 0 Å². The highest BCUT2D eigenvalue weighted by Gasteiger charge is 2.37. The highest BCUT2D eigenvalue weighted by Crippen LogP contribution is 2.32. The van der Waals surface area contributed by atoms with Crippen molar-refractivity contribution in [1.82, 2.24) is 0 Å². The Labute approximate surface area is 137 Å². The Morgan fingerprint density at radius 1 is 1.09 bits per heavy atom. The molecule has 1 saturated carbocycles. The van der Waals surface area contributed by atoms with Crippen LogP contribution in [-0.4, -0.2) is 18.0 Å². The summed E-state index contributed by atoms with van der Waals surface area (Å²) in [5.41, 5.74) is 0.913. The van der Waals surface area contributed by atoms with Crippen molar-refractivity contribution in [3.8, 4) is 0 Å². The van der Waals surface area contributed by atoms with Crippen LogP contribution in [-0.2, 0) is 9.53 Å². The summed E-state index contributed by atoms with van der Waals surface area (Å²) < 4.78 is 5.73. The van der Waals surface area contributed by atoms with Crippen LogP contribution in [0.5, 0.6) is 0 Å². The van der Waals surface area contributed by atoms with Gasteiger partial charge in [-0.3, -0.25) is 4.79 Å². The van der Waals surface area contributed by atoms with Crippen LogP contribution >= 0.6 is 0 Å². The normalized spacial score (nSPS) is 15.7. The number of rotatable bonds is 4. The number of carbonyl (C=O) groups is 1. The maximum atomic E-state index is 11.5. The van der Waals surface area contributed by atoms with E-state index in [0.717, 1.165) is 38.7 Å². The lowest BCUT2D eigenvalue weighted by atomic mass is 9.82. The van der Waals surface area contributed by atoms with Crippen molar-refractivity contribution in [2.45, 2.75) is 78.7 Å². The molecule has 0 radical (unpaired) electrons. The Kier molecular flexibility index (Phi) is 11.8. The zero-order valence-electron chi connectivity index (χ0n) is 15.2. The van der Waals surface area contributed by atoms with Gasteiger partial charge in [0.25, 0.3) is 0 Å². The molecule has 1 aliphatic rings. The standard InChI is InChI=1S/C11H20O2.C7H8.C2H6/c1-3-9-13-11(10(2)12)7-5-4-6-8-11;1-7-5-3-2-4-6-7;1-2/h3-9H2,1-2H3;2-6H,1H3;1-2H3. The minimum atomic E-state index is -0.408. The number of carbonyl (C=O) groups excluding carboxylic acids is 1. The maximum absolute atomic E-state index is 11.5. The summed E-state index contributed by atoms with van der Waals surface area (Å²) >= 11 is 0. The molecule has 0 aromatic heterocycles. The molecule has 1 aromatic carbocycles. The largest absolute Gasteiger partial charge is 0.367 e. The van der Waals surface area contributed by atoms with Crippen LogP contribution in [0.3, 0.4) is 0 Å². The first kappa shape index (κ1) is 20.9. The molecule has 1 aliphatic carbocycles. The Morgan fingerprint density at radius 2 is 1.64 bits per heavy atom. The average Bonchev–Trinajstić information content (AvgIpc) is 2.57. The minimum absolute atomic E-state index is 0.223. The van der Waals surface area contributed by atoms with E-state index in [1.54, 1.807) is 6.92 Å². The Morgan fingerprint density at radius 3 is 2.00 bits per heavy atom. The average molecular weight is 306 g/mol. The van der Waals surface area contributed by atoms with Gasteiger partial charge in [0.2, 0.25) is 0 Å². The first-order valence-electron chi connectivity index (χ1n) is 8.77. The van der Waals surface area contributed by atoms with Gasteiger partial charge >= 0.3 is 0 Å². The molecule has 2 rings (SSSR count). The van der Waals surface area contributed by atoms with Gasteiger partial charge in [0.15, 0.2) is 5.78 Å². The summed E-state index contributed by atoms with van der Waals surface area (Å²) in [6, 6.07) is 10.3. The Bertz CT molecular complexity index is 378. The van der Waals surface area contributed by atoms with Gasteiger partial charge in [-0.25, -0.2) is 0 Å². The molecule has 0 unspecified atom stereocenters. The molecule has 0 N–H and O–H groups in total. The SMILES string of the molecule is CC.CCCOC1(C(C)=O)CCCCC1.Cc1ccccc1. The Hall–Kier alpha value is -1.15. The first-order valence-corrected chi connectivity index (χ1v) is 8.77. The van der Waals surface area contributed by atoms with Crippen molar-refractivity contribution in [2.75, 3.05) is 6.61 Å². The van der Waals surface area contributed by atoms with Gasteiger partial charge in [-0.05, 0) is 33.1 Å². The molecule has 0 bridgehead atoms. The van der Waals surface area contributed by atoms with E-state index in [0.29, 0.717) is 0 Å². The quantitative estimate of drug-likeness (QED) is 0.710. The van der Waals surface area contributed by atoms with Gasteiger partial charge in [-0.1, -0.05) is 75.9 Å². The number of aryl methyl sites for hydroxylation is 1. The molecule has 0 aliphatic heterocycles. The summed E-state index contributed by atoms with van der Waals surface area (Å²) in [6.07, 6.45) is 6.40. The van der Waals surface area contributed by atoms with E-state index < -0.39 is 5.60 Å². The number of ether oxygens (including phenoxy) is 1. The fourth-order valence-electron chi connectivity index (χ4n) is 2.55. The number of benzene rings is 1. The fourth-order valence-corrected chi connectivity index (χ4v) is 2.55. The molecule has 22 heavy (non-hydrogen) atoms. The van der Waals surface area contributed by atoms with Crippen LogP contribution in [0.2, 0.25) is 0 Å². The number of hydrogen-bond acceptors (Lipinski definition) is 2. The Balaban J connectivity index is 0.000000412. The van der Waals surface area contributed by atoms with Crippen molar-refractivity contribution < 1.29 is 9.53 Å². The topological polar surface area (TPSA) is 26.3 Å². The highest BCUT2D eigenvalue weighted by molar-refractivity contribution is 5.85. The molecular weight excluding hydrogens is 272 g/mol. The van der Waals surface area contributed by atoms with Crippen molar-refractivity contribution in [1.29, 1.82) is 0 Å². The molecule has 0 heterocycles. The van der Waals surface area contributed by atoms with Gasteiger partial charge in [-0.15, -0.1) is 0 Å². The molecule has 0 saturated heterocycles. The monoisotopic (exact) mass is 306 g/mol. The fraction of sp³-hybridized carbons (Fsp3) is 0.650. The van der Waals surface area contributed by atoms with E-state index >= 15 is 0 Å². The van der Waals surface area contributed by atoms with E-state index in [2.05, 4.69) is 26.0 Å². The third kappa shape index (κ3) is 7.74. The van der Waals surface area contributed by atoms with E-state index in [1.807, 2.05) is 32.0 Å². The van der Waals surface area contributed by atoms with Crippen molar-refractivity contribution in [3.05, 3.63) is 35.9 Å². The summed E-state index contributed by atoms with van der Waals surface area (Å²) in [7, 11) is 0. The van der Waals surface area contributed by atoms with Crippen molar-refractivity contribution in [2.24, 2.45) is 0 Å². The predicted octanol–water partition coefficient (Wildman–Crippen LogP) is 5.73. The number of hydrogen-bond donors (Lipinski definition) is 0. The van der Waals surface area contributed by atoms with Crippen LogP contribution in [0.1, 0.15) is 71.8 Å². The second-order valence-electron chi connectivity index (χ2n) is 5.61. The minimum Gasteiger partial charge on any atom is -0.367 e. The second-order valence-corrected chi connectivity index (χ2v) is 5.61. The van der Waals surface area contributed by atoms with Gasteiger partial charge in [0.1, 0.15) is 5.60 Å². The predicted molar refractivity (Wildman–Crippen MR) is 95.3 cm³/mol. The lowest BCUT2D eigenvalue weighted by molar-refractivity contribution is -0.147. The zero-order chi connectivity index (χ0) is 16.8. The van der Waals surface area contributed by atoms with E-state index in [9.17, 15) is 4.79 Å². The lowest BCUT2D eigenvalue weighted by Crippen LogP contribution is -2.42. The summed E-state index contributed by atoms with van der Waals surface area (Å²) in [5, 5.41) is 0. The van der Waals surface area contributed by atoms with E-state index in [-0.39, 0.29) is 5.78 Å². The van der Waals surface area contributed by atoms with Crippen LogP contribution in [0.25, 0.3) is 0 Å². The molecule has 0 amide bonds. The summed E-state index contributed by atoms with van der Waals surface area (Å²) in [5.74, 6) is 0.223. The smallest absolute Gasteiger partial charge is 0.161 e. The van der Waals surface area contributed by atoms with Gasteiger partial charge in [0, 0.05) is 6.61 Å². The molecule has 1 aromatic rings. The van der Waals surface area contributed by atoms with Crippen molar-refractivity contribution in [3.63, 3.8) is 0 Å². The molecule has 2 nitrogen and oxygen atoms in total. The number of Topliss-reactive ketones (excluding diaryl/α,β-unsaturated/α-hetero) is 1. The van der Waals surface area contributed by atoms with Crippen LogP contribution in [0, 0.1) is 6.92 Å². The van der Waals surface area contributed by atoms with E-state index in [4.69, 9.17) is 4.74 Å².